The molecule has 1 fully saturated rings. The van der Waals surface area contributed by atoms with Gasteiger partial charge in [0, 0.05) is 18.1 Å². The summed E-state index contributed by atoms with van der Waals surface area (Å²) >= 11 is 3.32. The second-order valence-electron chi connectivity index (χ2n) is 5.82. The van der Waals surface area contributed by atoms with Crippen molar-refractivity contribution in [1.82, 2.24) is 9.78 Å². The maximum absolute atomic E-state index is 12.1. The van der Waals surface area contributed by atoms with E-state index in [0.29, 0.717) is 16.8 Å². The molecule has 21 heavy (non-hydrogen) atoms. The molecule has 0 radical (unpaired) electrons. The van der Waals surface area contributed by atoms with Crippen LogP contribution < -0.4 is 10.9 Å². The maximum atomic E-state index is 12.1. The number of aromatic nitrogens is 2. The molecule has 0 aromatic carbocycles. The number of nitrogens with one attached hydrogen (secondary N) is 1. The van der Waals surface area contributed by atoms with Crippen molar-refractivity contribution in [2.75, 3.05) is 18.5 Å². The molecule has 2 unspecified atom stereocenters. The Morgan fingerprint density at radius 2 is 2.33 bits per heavy atom. The second-order valence-corrected chi connectivity index (χ2v) is 6.62. The monoisotopic (exact) mass is 359 g/mol. The number of rotatable bonds is 6. The van der Waals surface area contributed by atoms with Crippen molar-refractivity contribution in [3.05, 3.63) is 21.0 Å². The Bertz CT molecular complexity index is 559. The number of ether oxygens (including phenoxy) is 1. The first kappa shape index (κ1) is 16.5. The minimum Gasteiger partial charge on any atom is -0.394 e. The van der Waals surface area contributed by atoms with E-state index in [4.69, 9.17) is 9.84 Å². The molecule has 1 aliphatic rings. The summed E-state index contributed by atoms with van der Waals surface area (Å²) in [4.78, 5) is 12.1. The van der Waals surface area contributed by atoms with Gasteiger partial charge in [-0.25, -0.2) is 4.68 Å². The highest BCUT2D eigenvalue weighted by atomic mass is 79.9. The molecule has 1 heterocycles. The van der Waals surface area contributed by atoms with Crippen LogP contribution >= 0.6 is 15.9 Å². The summed E-state index contributed by atoms with van der Waals surface area (Å²) in [6.45, 7) is 7.10. The van der Waals surface area contributed by atoms with Crippen molar-refractivity contribution in [3.63, 3.8) is 0 Å². The van der Waals surface area contributed by atoms with Crippen LogP contribution in [-0.4, -0.2) is 40.2 Å². The van der Waals surface area contributed by atoms with Gasteiger partial charge in [0.05, 0.1) is 31.1 Å². The van der Waals surface area contributed by atoms with Gasteiger partial charge in [-0.15, -0.1) is 0 Å². The molecule has 1 aliphatic carbocycles. The lowest BCUT2D eigenvalue weighted by Crippen LogP contribution is -2.58. The molecule has 0 aliphatic heterocycles. The van der Waals surface area contributed by atoms with Gasteiger partial charge in [0.15, 0.2) is 0 Å². The highest BCUT2D eigenvalue weighted by molar-refractivity contribution is 9.10. The fraction of sp³-hybridized carbons (Fsp3) is 0.714. The molecule has 2 rings (SSSR count). The summed E-state index contributed by atoms with van der Waals surface area (Å²) in [6, 6.07) is 0.236. The van der Waals surface area contributed by atoms with E-state index in [1.165, 1.54) is 4.68 Å². The van der Waals surface area contributed by atoms with Gasteiger partial charge >= 0.3 is 0 Å². The van der Waals surface area contributed by atoms with Gasteiger partial charge in [-0.3, -0.25) is 4.79 Å². The smallest absolute Gasteiger partial charge is 0.283 e. The van der Waals surface area contributed by atoms with Crippen molar-refractivity contribution < 1.29 is 9.84 Å². The minimum atomic E-state index is -0.243. The van der Waals surface area contributed by atoms with Gasteiger partial charge in [-0.05, 0) is 29.3 Å². The third kappa shape index (κ3) is 3.14. The molecule has 1 saturated carbocycles. The van der Waals surface area contributed by atoms with Crippen LogP contribution in [0.5, 0.6) is 0 Å². The van der Waals surface area contributed by atoms with Gasteiger partial charge in [0.1, 0.15) is 4.47 Å². The molecule has 6 nitrogen and oxygen atoms in total. The molecule has 7 heteroatoms. The van der Waals surface area contributed by atoms with Crippen LogP contribution in [0.2, 0.25) is 0 Å². The Kier molecular flexibility index (Phi) is 5.06. The first-order valence-electron chi connectivity index (χ1n) is 7.16. The highest BCUT2D eigenvalue weighted by Crippen LogP contribution is 2.44. The van der Waals surface area contributed by atoms with Crippen LogP contribution in [0, 0.1) is 5.41 Å². The average molecular weight is 360 g/mol. The molecule has 0 amide bonds. The van der Waals surface area contributed by atoms with E-state index in [-0.39, 0.29) is 36.3 Å². The zero-order valence-electron chi connectivity index (χ0n) is 12.6. The van der Waals surface area contributed by atoms with Gasteiger partial charge in [0.2, 0.25) is 0 Å². The molecular weight excluding hydrogens is 338 g/mol. The molecule has 118 valence electrons. The van der Waals surface area contributed by atoms with Crippen molar-refractivity contribution >= 4 is 21.6 Å². The number of aliphatic hydroxyl groups is 1. The van der Waals surface area contributed by atoms with Crippen LogP contribution in [0.3, 0.4) is 0 Å². The summed E-state index contributed by atoms with van der Waals surface area (Å²) in [7, 11) is 0. The predicted molar refractivity (Wildman–Crippen MR) is 84.5 cm³/mol. The fourth-order valence-electron chi connectivity index (χ4n) is 2.62. The number of hydrogen-bond donors (Lipinski definition) is 2. The summed E-state index contributed by atoms with van der Waals surface area (Å²) in [5.41, 5.74) is 0.449. The topological polar surface area (TPSA) is 76.4 Å². The van der Waals surface area contributed by atoms with Crippen LogP contribution in [-0.2, 0) is 11.3 Å². The van der Waals surface area contributed by atoms with Gasteiger partial charge in [0.25, 0.3) is 5.56 Å². The first-order valence-corrected chi connectivity index (χ1v) is 7.95. The van der Waals surface area contributed by atoms with Crippen molar-refractivity contribution in [1.29, 1.82) is 0 Å². The lowest BCUT2D eigenvalue weighted by molar-refractivity contribution is -0.0976. The quantitative estimate of drug-likeness (QED) is 0.806. The Morgan fingerprint density at radius 1 is 1.62 bits per heavy atom. The minimum absolute atomic E-state index is 0.00934. The number of aliphatic hydroxyl groups excluding tert-OH is 1. The molecule has 2 atom stereocenters. The Balaban J connectivity index is 2.11. The normalized spacial score (nSPS) is 23.7. The van der Waals surface area contributed by atoms with Crippen molar-refractivity contribution in [2.24, 2.45) is 5.41 Å². The predicted octanol–water partition coefficient (Wildman–Crippen LogP) is 1.61. The first-order chi connectivity index (χ1) is 9.91. The van der Waals surface area contributed by atoms with E-state index >= 15 is 0 Å². The van der Waals surface area contributed by atoms with Gasteiger partial charge in [-0.2, -0.15) is 5.10 Å². The average Bonchev–Trinajstić information content (AvgIpc) is 2.45. The number of hydrogen-bond acceptors (Lipinski definition) is 5. The molecule has 2 N–H and O–H groups in total. The third-order valence-electron chi connectivity index (χ3n) is 4.17. The molecule has 0 saturated heterocycles. The van der Waals surface area contributed by atoms with Gasteiger partial charge < -0.3 is 15.2 Å². The molecule has 1 aromatic rings. The number of halogens is 1. The maximum Gasteiger partial charge on any atom is 0.283 e. The van der Waals surface area contributed by atoms with E-state index in [0.717, 1.165) is 6.42 Å². The van der Waals surface area contributed by atoms with E-state index in [2.05, 4.69) is 40.2 Å². The van der Waals surface area contributed by atoms with Crippen molar-refractivity contribution in [3.8, 4) is 0 Å². The van der Waals surface area contributed by atoms with E-state index < -0.39 is 0 Å². The lowest BCUT2D eigenvalue weighted by Gasteiger charge is -2.52. The summed E-state index contributed by atoms with van der Waals surface area (Å²) in [5.74, 6) is 0. The lowest BCUT2D eigenvalue weighted by atomic mass is 9.64. The number of anilines is 1. The standard InChI is InChI=1S/C14H22BrN3O3/c1-4-21-11-7-10(14(11,2)3)17-9-8-16-18(5-6-19)13(20)12(9)15/h8,10-11,17,19H,4-7H2,1-3H3. The summed E-state index contributed by atoms with van der Waals surface area (Å²) in [6.07, 6.45) is 2.76. The molecular formula is C14H22BrN3O3. The summed E-state index contributed by atoms with van der Waals surface area (Å²) in [5, 5.41) is 16.3. The Labute approximate surface area is 132 Å². The molecule has 1 aromatic heterocycles. The zero-order chi connectivity index (χ0) is 15.6. The van der Waals surface area contributed by atoms with Gasteiger partial charge in [-0.1, -0.05) is 13.8 Å². The SMILES string of the molecule is CCOC1CC(Nc2cnn(CCO)c(=O)c2Br)C1(C)C. The summed E-state index contributed by atoms with van der Waals surface area (Å²) < 4.78 is 7.39. The molecule has 0 spiro atoms. The highest BCUT2D eigenvalue weighted by Gasteiger charge is 2.49. The van der Waals surface area contributed by atoms with Crippen LogP contribution in [0.25, 0.3) is 0 Å². The van der Waals surface area contributed by atoms with E-state index in [9.17, 15) is 4.79 Å². The zero-order valence-corrected chi connectivity index (χ0v) is 14.2. The van der Waals surface area contributed by atoms with Crippen LogP contribution in [0.4, 0.5) is 5.69 Å². The van der Waals surface area contributed by atoms with E-state index in [1.807, 2.05) is 6.92 Å². The van der Waals surface area contributed by atoms with Crippen LogP contribution in [0.1, 0.15) is 27.2 Å². The largest absolute Gasteiger partial charge is 0.394 e. The fourth-order valence-corrected chi connectivity index (χ4v) is 3.04. The number of nitrogens with zero attached hydrogens (tertiary/aromatic N) is 2. The van der Waals surface area contributed by atoms with Crippen molar-refractivity contribution in [2.45, 2.75) is 45.9 Å². The van der Waals surface area contributed by atoms with E-state index in [1.54, 1.807) is 6.20 Å². The van der Waals surface area contributed by atoms with Crippen LogP contribution in [0.15, 0.2) is 15.5 Å². The Morgan fingerprint density at radius 3 is 2.90 bits per heavy atom. The molecule has 0 bridgehead atoms. The third-order valence-corrected chi connectivity index (χ3v) is 4.94. The Hall–Kier alpha value is -0.920. The second kappa shape index (κ2) is 6.46.